The molecule has 3 aromatic heterocycles. The van der Waals surface area contributed by atoms with E-state index in [-0.39, 0.29) is 18.4 Å². The van der Waals surface area contributed by atoms with E-state index in [9.17, 15) is 8.60 Å². The summed E-state index contributed by atoms with van der Waals surface area (Å²) >= 11 is 0. The van der Waals surface area contributed by atoms with Crippen LogP contribution in [0.5, 0.6) is 0 Å². The average molecular weight is 543 g/mol. The van der Waals surface area contributed by atoms with Crippen LogP contribution in [0.25, 0.3) is 10.8 Å². The Morgan fingerprint density at radius 3 is 2.63 bits per heavy atom. The minimum atomic E-state index is -2.51. The van der Waals surface area contributed by atoms with Crippen molar-refractivity contribution in [3.05, 3.63) is 36.3 Å². The molecule has 0 spiro atoms. The van der Waals surface area contributed by atoms with Crippen LogP contribution in [0, 0.1) is 10.7 Å². The van der Waals surface area contributed by atoms with Crippen LogP contribution >= 0.6 is 0 Å². The van der Waals surface area contributed by atoms with Gasteiger partial charge in [0.1, 0.15) is 23.6 Å². The lowest BCUT2D eigenvalue weighted by Gasteiger charge is -2.40. The standard InChI is InChI=1S/C26H35FN8O2S/c1-16(2)19-10-31-25(35-12-17(13-35)15-38(4,28)36)20-11-30-24(9-18(19)20)32-23-5-7-29-26(33-23)34-8-6-22(37-3)21(27)14-34/h5,7,9-11,16-17,21-22,28H,6,8,12-15H2,1-4H3,(H,29,30,32,33)/t21-,22+,38-/m1/s1. The second kappa shape index (κ2) is 10.6. The summed E-state index contributed by atoms with van der Waals surface area (Å²) in [4.78, 5) is 22.4. The fourth-order valence-corrected chi connectivity index (χ4v) is 6.36. The number of methoxy groups -OCH3 is 1. The molecule has 0 aliphatic carbocycles. The zero-order chi connectivity index (χ0) is 27.0. The summed E-state index contributed by atoms with van der Waals surface area (Å²) in [5, 5.41) is 5.31. The summed E-state index contributed by atoms with van der Waals surface area (Å²) in [5.41, 5.74) is 1.12. The predicted molar refractivity (Wildman–Crippen MR) is 149 cm³/mol. The van der Waals surface area contributed by atoms with Gasteiger partial charge < -0.3 is 19.9 Å². The summed E-state index contributed by atoms with van der Waals surface area (Å²) in [7, 11) is -0.968. The van der Waals surface area contributed by atoms with Crippen molar-refractivity contribution in [2.24, 2.45) is 5.92 Å². The van der Waals surface area contributed by atoms with Crippen molar-refractivity contribution < 1.29 is 13.3 Å². The molecule has 2 aliphatic rings. The van der Waals surface area contributed by atoms with Crippen LogP contribution in [0.15, 0.2) is 30.7 Å². The quantitative estimate of drug-likeness (QED) is 0.436. The lowest BCUT2D eigenvalue weighted by Crippen LogP contribution is -2.49. The largest absolute Gasteiger partial charge is 0.378 e. The molecule has 0 amide bonds. The number of nitrogens with one attached hydrogen (secondary N) is 2. The molecule has 5 rings (SSSR count). The molecule has 2 fully saturated rings. The number of piperidine rings is 1. The Bertz CT molecular complexity index is 1410. The van der Waals surface area contributed by atoms with Crippen molar-refractivity contribution in [3.63, 3.8) is 0 Å². The number of rotatable bonds is 8. The zero-order valence-electron chi connectivity index (χ0n) is 22.2. The number of hydrogen-bond donors (Lipinski definition) is 2. The van der Waals surface area contributed by atoms with Gasteiger partial charge in [0.05, 0.1) is 12.6 Å². The normalized spacial score (nSPS) is 21.9. The van der Waals surface area contributed by atoms with Crippen molar-refractivity contribution in [2.75, 3.05) is 60.4 Å². The van der Waals surface area contributed by atoms with Crippen LogP contribution in [0.3, 0.4) is 0 Å². The van der Waals surface area contributed by atoms with Gasteiger partial charge in [-0.05, 0) is 35.4 Å². The van der Waals surface area contributed by atoms with Crippen molar-refractivity contribution in [2.45, 2.75) is 38.5 Å². The topological polar surface area (TPSA) is 120 Å². The molecule has 204 valence electrons. The highest BCUT2D eigenvalue weighted by molar-refractivity contribution is 7.91. The summed E-state index contributed by atoms with van der Waals surface area (Å²) < 4.78 is 39.3. The van der Waals surface area contributed by atoms with Crippen molar-refractivity contribution in [3.8, 4) is 0 Å². The van der Waals surface area contributed by atoms with E-state index in [0.29, 0.717) is 36.3 Å². The number of halogens is 1. The highest BCUT2D eigenvalue weighted by atomic mass is 32.2. The van der Waals surface area contributed by atoms with Gasteiger partial charge in [-0.2, -0.15) is 4.98 Å². The molecule has 5 heterocycles. The molecule has 3 atom stereocenters. The third-order valence-electron chi connectivity index (χ3n) is 7.18. The summed E-state index contributed by atoms with van der Waals surface area (Å²) in [6, 6.07) is 3.78. The fraction of sp³-hybridized carbons (Fsp3) is 0.538. The molecular formula is C26H35FN8O2S. The van der Waals surface area contributed by atoms with Crippen molar-refractivity contribution in [1.29, 1.82) is 4.78 Å². The molecule has 0 bridgehead atoms. The predicted octanol–water partition coefficient (Wildman–Crippen LogP) is 3.96. The third-order valence-corrected chi connectivity index (χ3v) is 8.29. The minimum Gasteiger partial charge on any atom is -0.378 e. The molecule has 3 aromatic rings. The number of hydrogen-bond acceptors (Lipinski definition) is 10. The van der Waals surface area contributed by atoms with E-state index in [1.807, 2.05) is 23.4 Å². The number of ether oxygens (including phenoxy) is 1. The Kier molecular flexibility index (Phi) is 7.36. The van der Waals surface area contributed by atoms with Crippen LogP contribution in [-0.2, 0) is 14.5 Å². The van der Waals surface area contributed by atoms with E-state index in [1.54, 1.807) is 12.3 Å². The Hall–Kier alpha value is -3.12. The first-order valence-corrected chi connectivity index (χ1v) is 15.0. The van der Waals surface area contributed by atoms with Crippen LogP contribution in [0.4, 0.5) is 27.8 Å². The smallest absolute Gasteiger partial charge is 0.227 e. The fourth-order valence-electron chi connectivity index (χ4n) is 5.25. The maximum Gasteiger partial charge on any atom is 0.227 e. The first-order valence-electron chi connectivity index (χ1n) is 12.9. The van der Waals surface area contributed by atoms with E-state index in [0.717, 1.165) is 35.2 Å². The molecule has 10 nitrogen and oxygen atoms in total. The number of fused-ring (bicyclic) bond motifs is 1. The average Bonchev–Trinajstić information content (AvgIpc) is 2.85. The Morgan fingerprint density at radius 1 is 1.16 bits per heavy atom. The molecule has 2 N–H and O–H groups in total. The SMILES string of the molecule is CO[C@H]1CCN(c2nccc(Nc3cc4c(C(C)C)cnc(N5CC(C[S@](C)(=N)=O)C5)c4cn3)n2)C[C@H]1F. The monoisotopic (exact) mass is 542 g/mol. The minimum absolute atomic E-state index is 0.193. The number of alkyl halides is 1. The van der Waals surface area contributed by atoms with E-state index >= 15 is 0 Å². The highest BCUT2D eigenvalue weighted by Crippen LogP contribution is 2.35. The van der Waals surface area contributed by atoms with Gasteiger partial charge in [0.2, 0.25) is 5.95 Å². The zero-order valence-corrected chi connectivity index (χ0v) is 23.0. The molecule has 12 heteroatoms. The van der Waals surface area contributed by atoms with Crippen LogP contribution in [0.2, 0.25) is 0 Å². The van der Waals surface area contributed by atoms with Gasteiger partial charge in [0.25, 0.3) is 0 Å². The molecule has 2 saturated heterocycles. The molecule has 0 unspecified atom stereocenters. The van der Waals surface area contributed by atoms with Crippen LogP contribution in [0.1, 0.15) is 31.7 Å². The molecule has 0 aromatic carbocycles. The van der Waals surface area contributed by atoms with E-state index in [4.69, 9.17) is 14.5 Å². The van der Waals surface area contributed by atoms with Crippen molar-refractivity contribution in [1.82, 2.24) is 19.9 Å². The van der Waals surface area contributed by atoms with Gasteiger partial charge >= 0.3 is 0 Å². The van der Waals surface area contributed by atoms with Gasteiger partial charge in [-0.25, -0.2) is 19.3 Å². The summed E-state index contributed by atoms with van der Waals surface area (Å²) in [6.07, 6.45) is 6.02. The highest BCUT2D eigenvalue weighted by Gasteiger charge is 2.32. The Balaban J connectivity index is 1.37. The number of nitrogens with zero attached hydrogens (tertiary/aromatic N) is 6. The summed E-state index contributed by atoms with van der Waals surface area (Å²) in [5.74, 6) is 3.46. The van der Waals surface area contributed by atoms with E-state index in [2.05, 4.69) is 39.0 Å². The van der Waals surface area contributed by atoms with Crippen molar-refractivity contribution >= 4 is 43.9 Å². The summed E-state index contributed by atoms with van der Waals surface area (Å²) in [6.45, 7) is 6.56. The third kappa shape index (κ3) is 5.65. The molecule has 0 saturated carbocycles. The maximum absolute atomic E-state index is 14.4. The Labute approximate surface area is 223 Å². The molecular weight excluding hydrogens is 507 g/mol. The van der Waals surface area contributed by atoms with Gasteiger partial charge in [0, 0.05) is 78.4 Å². The first kappa shape index (κ1) is 26.5. The van der Waals surface area contributed by atoms with Crippen LogP contribution < -0.4 is 15.1 Å². The molecule has 38 heavy (non-hydrogen) atoms. The van der Waals surface area contributed by atoms with Gasteiger partial charge in [-0.15, -0.1) is 0 Å². The lowest BCUT2D eigenvalue weighted by molar-refractivity contribution is 0.0194. The van der Waals surface area contributed by atoms with E-state index < -0.39 is 22.0 Å². The number of anilines is 4. The van der Waals surface area contributed by atoms with Gasteiger partial charge in [-0.1, -0.05) is 13.8 Å². The van der Waals surface area contributed by atoms with Gasteiger partial charge in [0.15, 0.2) is 0 Å². The number of pyridine rings is 2. The van der Waals surface area contributed by atoms with Gasteiger partial charge in [-0.3, -0.25) is 8.99 Å². The second-order valence-electron chi connectivity index (χ2n) is 10.6. The molecule has 2 aliphatic heterocycles. The Morgan fingerprint density at radius 2 is 1.95 bits per heavy atom. The first-order chi connectivity index (χ1) is 18.1. The number of aromatic nitrogens is 4. The second-order valence-corrected chi connectivity index (χ2v) is 13.0. The van der Waals surface area contributed by atoms with Crippen LogP contribution in [-0.4, -0.2) is 81.7 Å². The maximum atomic E-state index is 14.4. The lowest BCUT2D eigenvalue weighted by atomic mass is 9.97. The molecule has 0 radical (unpaired) electrons. The van der Waals surface area contributed by atoms with E-state index in [1.165, 1.54) is 13.4 Å².